The van der Waals surface area contributed by atoms with Crippen LogP contribution in [0.3, 0.4) is 0 Å². The maximum absolute atomic E-state index is 11.2. The van der Waals surface area contributed by atoms with Crippen molar-refractivity contribution in [1.82, 2.24) is 9.44 Å². The summed E-state index contributed by atoms with van der Waals surface area (Å²) in [6.07, 6.45) is 3.05. The zero-order valence-electron chi connectivity index (χ0n) is 8.63. The zero-order valence-corrected chi connectivity index (χ0v) is 9.45. The number of hydrogen-bond acceptors (Lipinski definition) is 2. The molecule has 0 saturated heterocycles. The van der Waals surface area contributed by atoms with Crippen molar-refractivity contribution in [2.75, 3.05) is 6.54 Å². The van der Waals surface area contributed by atoms with Crippen LogP contribution in [0.5, 0.6) is 0 Å². The second kappa shape index (κ2) is 6.34. The van der Waals surface area contributed by atoms with E-state index in [2.05, 4.69) is 16.4 Å². The van der Waals surface area contributed by atoms with Crippen LogP contribution in [0.2, 0.25) is 0 Å². The smallest absolute Gasteiger partial charge is 0.202 e. The van der Waals surface area contributed by atoms with Crippen LogP contribution in [-0.4, -0.2) is 21.0 Å². The van der Waals surface area contributed by atoms with E-state index in [-0.39, 0.29) is 6.04 Å². The minimum atomic E-state index is -3.26. The van der Waals surface area contributed by atoms with Gasteiger partial charge in [0.2, 0.25) is 0 Å². The molecule has 0 aromatic carbocycles. The normalized spacial score (nSPS) is 12.3. The maximum Gasteiger partial charge on any atom is 0.277 e. The summed E-state index contributed by atoms with van der Waals surface area (Å²) in [5, 5.41) is 0. The van der Waals surface area contributed by atoms with Crippen molar-refractivity contribution in [3.05, 3.63) is 0 Å². The maximum atomic E-state index is 11.2. The van der Waals surface area contributed by atoms with Crippen LogP contribution in [-0.2, 0) is 10.2 Å². The van der Waals surface area contributed by atoms with Crippen LogP contribution in [0.1, 0.15) is 40.0 Å². The zero-order chi connectivity index (χ0) is 10.3. The van der Waals surface area contributed by atoms with Crippen molar-refractivity contribution in [1.29, 1.82) is 0 Å². The number of unbranched alkanes of at least 4 members (excludes halogenated alkanes) is 2. The molecular weight excluding hydrogens is 188 g/mol. The first kappa shape index (κ1) is 12.9. The second-order valence-electron chi connectivity index (χ2n) is 3.38. The minimum Gasteiger partial charge on any atom is -0.202 e. The fraction of sp³-hybridized carbons (Fsp3) is 1.00. The lowest BCUT2D eigenvalue weighted by molar-refractivity contribution is 0.550. The molecule has 0 heterocycles. The molecule has 0 aliphatic heterocycles. The molecule has 0 aromatic heterocycles. The molecule has 0 spiro atoms. The molecule has 0 saturated carbocycles. The van der Waals surface area contributed by atoms with E-state index in [4.69, 9.17) is 0 Å². The van der Waals surface area contributed by atoms with Gasteiger partial charge in [-0.3, -0.25) is 0 Å². The Morgan fingerprint density at radius 3 is 2.31 bits per heavy atom. The van der Waals surface area contributed by atoms with Gasteiger partial charge in [0.15, 0.2) is 0 Å². The van der Waals surface area contributed by atoms with Crippen LogP contribution >= 0.6 is 0 Å². The van der Waals surface area contributed by atoms with Crippen molar-refractivity contribution in [2.24, 2.45) is 0 Å². The van der Waals surface area contributed by atoms with E-state index >= 15 is 0 Å². The molecule has 5 heteroatoms. The summed E-state index contributed by atoms with van der Waals surface area (Å²) in [5.74, 6) is 0. The third-order valence-corrected chi connectivity index (χ3v) is 2.83. The van der Waals surface area contributed by atoms with Gasteiger partial charge in [-0.1, -0.05) is 19.8 Å². The first-order valence-corrected chi connectivity index (χ1v) is 6.23. The average Bonchev–Trinajstić information content (AvgIpc) is 1.95. The Labute approximate surface area is 81.3 Å². The predicted molar refractivity (Wildman–Crippen MR) is 54.7 cm³/mol. The standard InChI is InChI=1S/C8H20N2O2S/c1-4-5-6-7-9-13(11,12)10-8(2)3/h8-10H,4-7H2,1-3H3. The average molecular weight is 208 g/mol. The second-order valence-corrected chi connectivity index (χ2v) is 4.91. The topological polar surface area (TPSA) is 58.2 Å². The van der Waals surface area contributed by atoms with E-state index in [1.54, 1.807) is 13.8 Å². The molecule has 0 unspecified atom stereocenters. The molecule has 0 fully saturated rings. The minimum absolute atomic E-state index is 0.0522. The molecule has 0 aromatic rings. The first-order chi connectivity index (χ1) is 5.98. The largest absolute Gasteiger partial charge is 0.277 e. The lowest BCUT2D eigenvalue weighted by Gasteiger charge is -2.09. The van der Waals surface area contributed by atoms with Gasteiger partial charge in [-0.15, -0.1) is 0 Å². The first-order valence-electron chi connectivity index (χ1n) is 4.75. The Balaban J connectivity index is 3.64. The van der Waals surface area contributed by atoms with Gasteiger partial charge < -0.3 is 0 Å². The number of rotatable bonds is 7. The number of nitrogens with one attached hydrogen (secondary N) is 2. The quantitative estimate of drug-likeness (QED) is 0.613. The van der Waals surface area contributed by atoms with E-state index < -0.39 is 10.2 Å². The van der Waals surface area contributed by atoms with Crippen LogP contribution in [0, 0.1) is 0 Å². The van der Waals surface area contributed by atoms with Gasteiger partial charge in [0.05, 0.1) is 0 Å². The summed E-state index contributed by atoms with van der Waals surface area (Å²) < 4.78 is 27.3. The third-order valence-electron chi connectivity index (χ3n) is 1.46. The molecule has 0 amide bonds. The molecule has 80 valence electrons. The van der Waals surface area contributed by atoms with Crippen molar-refractivity contribution < 1.29 is 8.42 Å². The van der Waals surface area contributed by atoms with Gasteiger partial charge in [-0.2, -0.15) is 13.1 Å². The van der Waals surface area contributed by atoms with Crippen molar-refractivity contribution >= 4 is 10.2 Å². The summed E-state index contributed by atoms with van der Waals surface area (Å²) in [6, 6.07) is -0.0522. The molecule has 0 rings (SSSR count). The molecule has 13 heavy (non-hydrogen) atoms. The summed E-state index contributed by atoms with van der Waals surface area (Å²) in [7, 11) is -3.26. The SMILES string of the molecule is CCCCCNS(=O)(=O)NC(C)C. The molecule has 0 radical (unpaired) electrons. The van der Waals surface area contributed by atoms with Gasteiger partial charge >= 0.3 is 0 Å². The van der Waals surface area contributed by atoms with E-state index in [0.717, 1.165) is 19.3 Å². The summed E-state index contributed by atoms with van der Waals surface area (Å²) >= 11 is 0. The highest BCUT2D eigenvalue weighted by Gasteiger charge is 2.09. The van der Waals surface area contributed by atoms with Gasteiger partial charge in [0.25, 0.3) is 10.2 Å². The van der Waals surface area contributed by atoms with Crippen LogP contribution in [0.4, 0.5) is 0 Å². The highest BCUT2D eigenvalue weighted by atomic mass is 32.2. The van der Waals surface area contributed by atoms with Crippen molar-refractivity contribution in [3.63, 3.8) is 0 Å². The van der Waals surface area contributed by atoms with Gasteiger partial charge in [0.1, 0.15) is 0 Å². The van der Waals surface area contributed by atoms with Crippen LogP contribution in [0.25, 0.3) is 0 Å². The van der Waals surface area contributed by atoms with E-state index in [9.17, 15) is 8.42 Å². The summed E-state index contributed by atoms with van der Waals surface area (Å²) in [5.41, 5.74) is 0. The Kier molecular flexibility index (Phi) is 6.28. The Morgan fingerprint density at radius 2 is 1.85 bits per heavy atom. The van der Waals surface area contributed by atoms with E-state index in [1.807, 2.05) is 0 Å². The summed E-state index contributed by atoms with van der Waals surface area (Å²) in [6.45, 7) is 6.20. The molecule has 0 aliphatic carbocycles. The lowest BCUT2D eigenvalue weighted by atomic mass is 10.3. The molecular formula is C8H20N2O2S. The lowest BCUT2D eigenvalue weighted by Crippen LogP contribution is -2.40. The molecule has 0 bridgehead atoms. The van der Waals surface area contributed by atoms with Crippen LogP contribution < -0.4 is 9.44 Å². The Hall–Kier alpha value is -0.130. The van der Waals surface area contributed by atoms with Crippen LogP contribution in [0.15, 0.2) is 0 Å². The predicted octanol–water partition coefficient (Wildman–Crippen LogP) is 1.01. The van der Waals surface area contributed by atoms with E-state index in [0.29, 0.717) is 6.54 Å². The Morgan fingerprint density at radius 1 is 1.23 bits per heavy atom. The fourth-order valence-corrected chi connectivity index (χ4v) is 2.05. The molecule has 4 nitrogen and oxygen atoms in total. The van der Waals surface area contributed by atoms with Gasteiger partial charge in [-0.25, -0.2) is 4.72 Å². The highest BCUT2D eigenvalue weighted by Crippen LogP contribution is 1.92. The fourth-order valence-electron chi connectivity index (χ4n) is 0.934. The van der Waals surface area contributed by atoms with E-state index in [1.165, 1.54) is 0 Å². The third kappa shape index (κ3) is 8.21. The monoisotopic (exact) mass is 208 g/mol. The highest BCUT2D eigenvalue weighted by molar-refractivity contribution is 7.87. The van der Waals surface area contributed by atoms with Crippen molar-refractivity contribution in [2.45, 2.75) is 46.1 Å². The summed E-state index contributed by atoms with van der Waals surface area (Å²) in [4.78, 5) is 0. The van der Waals surface area contributed by atoms with Gasteiger partial charge in [-0.05, 0) is 20.3 Å². The molecule has 2 N–H and O–H groups in total. The molecule has 0 aliphatic rings. The Bertz CT molecular complexity index is 212. The molecule has 0 atom stereocenters. The van der Waals surface area contributed by atoms with Gasteiger partial charge in [0, 0.05) is 12.6 Å². The van der Waals surface area contributed by atoms with Crippen molar-refractivity contribution in [3.8, 4) is 0 Å². The number of hydrogen-bond donors (Lipinski definition) is 2.